The fourth-order valence-corrected chi connectivity index (χ4v) is 1.78. The summed E-state index contributed by atoms with van der Waals surface area (Å²) in [7, 11) is 0. The van der Waals surface area contributed by atoms with Gasteiger partial charge in [0.2, 0.25) is 0 Å². The third-order valence-corrected chi connectivity index (χ3v) is 2.53. The highest BCUT2D eigenvalue weighted by molar-refractivity contribution is 5.77. The highest BCUT2D eigenvalue weighted by Crippen LogP contribution is 2.19. The molecule has 0 fully saturated rings. The minimum atomic E-state index is -0.162. The second-order valence-electron chi connectivity index (χ2n) is 3.75. The van der Waals surface area contributed by atoms with Crippen molar-refractivity contribution in [3.63, 3.8) is 0 Å². The van der Waals surface area contributed by atoms with Gasteiger partial charge in [-0.25, -0.2) is 0 Å². The van der Waals surface area contributed by atoms with Crippen LogP contribution in [0.1, 0.15) is 12.7 Å². The molecule has 0 aliphatic rings. The van der Waals surface area contributed by atoms with Crippen LogP contribution in [-0.2, 0) is 11.2 Å². The maximum atomic E-state index is 10.8. The van der Waals surface area contributed by atoms with Crippen LogP contribution in [0.15, 0.2) is 34.7 Å². The Kier molecular flexibility index (Phi) is 3.37. The van der Waals surface area contributed by atoms with Crippen LogP contribution in [-0.4, -0.2) is 18.9 Å². The summed E-state index contributed by atoms with van der Waals surface area (Å²) in [4.78, 5) is 10.8. The van der Waals surface area contributed by atoms with Gasteiger partial charge in [-0.2, -0.15) is 0 Å². The van der Waals surface area contributed by atoms with Crippen LogP contribution in [0.2, 0.25) is 0 Å². The molecule has 1 N–H and O–H groups in total. The van der Waals surface area contributed by atoms with E-state index >= 15 is 0 Å². The molecule has 0 unspecified atom stereocenters. The summed E-state index contributed by atoms with van der Waals surface area (Å²) >= 11 is 0. The number of para-hydroxylation sites is 1. The summed E-state index contributed by atoms with van der Waals surface area (Å²) in [6, 6.07) is 9.68. The quantitative estimate of drug-likeness (QED) is 0.780. The Hall–Kier alpha value is -1.61. The van der Waals surface area contributed by atoms with Crippen molar-refractivity contribution in [1.82, 2.24) is 5.32 Å². The second kappa shape index (κ2) is 4.94. The lowest BCUT2D eigenvalue weighted by Crippen LogP contribution is -2.32. The lowest BCUT2D eigenvalue weighted by atomic mass is 10.1. The van der Waals surface area contributed by atoms with E-state index in [1.807, 2.05) is 37.3 Å². The van der Waals surface area contributed by atoms with E-state index in [0.29, 0.717) is 6.42 Å². The molecule has 16 heavy (non-hydrogen) atoms. The second-order valence-corrected chi connectivity index (χ2v) is 3.75. The van der Waals surface area contributed by atoms with Crippen LogP contribution in [0, 0.1) is 0 Å². The number of carbonyl (C=O) groups excluding carboxylic acids is 1. The van der Waals surface area contributed by atoms with E-state index < -0.39 is 0 Å². The Morgan fingerprint density at radius 2 is 2.25 bits per heavy atom. The zero-order chi connectivity index (χ0) is 11.4. The van der Waals surface area contributed by atoms with E-state index in [1.54, 1.807) is 0 Å². The van der Waals surface area contributed by atoms with Gasteiger partial charge in [-0.05, 0) is 18.7 Å². The SMILES string of the molecule is CCN[C@H](C=O)Cc1cc2ccccc2o1. The molecule has 1 aromatic carbocycles. The molecule has 3 heteroatoms. The van der Waals surface area contributed by atoms with Crippen molar-refractivity contribution < 1.29 is 9.21 Å². The van der Waals surface area contributed by atoms with Gasteiger partial charge in [0.1, 0.15) is 17.6 Å². The zero-order valence-electron chi connectivity index (χ0n) is 9.27. The van der Waals surface area contributed by atoms with Gasteiger partial charge in [0, 0.05) is 11.8 Å². The predicted octanol–water partition coefficient (Wildman–Crippen LogP) is 2.15. The average molecular weight is 217 g/mol. The number of benzene rings is 1. The highest BCUT2D eigenvalue weighted by Gasteiger charge is 2.10. The van der Waals surface area contributed by atoms with Crippen molar-refractivity contribution in [2.24, 2.45) is 0 Å². The van der Waals surface area contributed by atoms with Crippen molar-refractivity contribution >= 4 is 17.3 Å². The van der Waals surface area contributed by atoms with Crippen molar-refractivity contribution in [3.05, 3.63) is 36.1 Å². The number of fused-ring (bicyclic) bond motifs is 1. The fourth-order valence-electron chi connectivity index (χ4n) is 1.78. The Labute approximate surface area is 94.4 Å². The Balaban J connectivity index is 2.17. The van der Waals surface area contributed by atoms with Gasteiger partial charge in [-0.3, -0.25) is 0 Å². The monoisotopic (exact) mass is 217 g/mol. The van der Waals surface area contributed by atoms with E-state index in [-0.39, 0.29) is 6.04 Å². The van der Waals surface area contributed by atoms with Crippen LogP contribution in [0.4, 0.5) is 0 Å². The molecular weight excluding hydrogens is 202 g/mol. The third-order valence-electron chi connectivity index (χ3n) is 2.53. The van der Waals surface area contributed by atoms with E-state index in [4.69, 9.17) is 4.42 Å². The molecule has 3 nitrogen and oxygen atoms in total. The molecule has 2 aromatic rings. The zero-order valence-corrected chi connectivity index (χ0v) is 9.27. The summed E-state index contributed by atoms with van der Waals surface area (Å²) < 4.78 is 5.65. The van der Waals surface area contributed by atoms with Crippen molar-refractivity contribution in [1.29, 1.82) is 0 Å². The summed E-state index contributed by atoms with van der Waals surface area (Å²) in [5.74, 6) is 0.847. The number of carbonyl (C=O) groups is 1. The summed E-state index contributed by atoms with van der Waals surface area (Å²) in [6.07, 6.45) is 1.53. The van der Waals surface area contributed by atoms with Crippen molar-refractivity contribution in [2.45, 2.75) is 19.4 Å². The van der Waals surface area contributed by atoms with Crippen LogP contribution in [0.5, 0.6) is 0 Å². The number of furan rings is 1. The lowest BCUT2D eigenvalue weighted by Gasteiger charge is -2.07. The number of rotatable bonds is 5. The smallest absolute Gasteiger partial charge is 0.137 e. The molecule has 0 aliphatic heterocycles. The van der Waals surface area contributed by atoms with Crippen LogP contribution >= 0.6 is 0 Å². The topological polar surface area (TPSA) is 42.2 Å². The maximum Gasteiger partial charge on any atom is 0.137 e. The molecule has 1 aromatic heterocycles. The van der Waals surface area contributed by atoms with Gasteiger partial charge in [0.15, 0.2) is 0 Å². The highest BCUT2D eigenvalue weighted by atomic mass is 16.3. The van der Waals surface area contributed by atoms with E-state index in [1.165, 1.54) is 0 Å². The lowest BCUT2D eigenvalue weighted by molar-refractivity contribution is -0.109. The van der Waals surface area contributed by atoms with Gasteiger partial charge in [0.25, 0.3) is 0 Å². The first-order valence-corrected chi connectivity index (χ1v) is 5.49. The Morgan fingerprint density at radius 3 is 2.94 bits per heavy atom. The maximum absolute atomic E-state index is 10.8. The average Bonchev–Trinajstić information content (AvgIpc) is 2.70. The van der Waals surface area contributed by atoms with Gasteiger partial charge < -0.3 is 14.5 Å². The Bertz CT molecular complexity index is 442. The van der Waals surface area contributed by atoms with E-state index in [0.717, 1.165) is 29.6 Å². The summed E-state index contributed by atoms with van der Waals surface area (Å²) in [5, 5.41) is 4.18. The number of likely N-dealkylation sites (N-methyl/N-ethyl adjacent to an activating group) is 1. The molecule has 0 radical (unpaired) electrons. The largest absolute Gasteiger partial charge is 0.461 e. The molecular formula is C13H15NO2. The third kappa shape index (κ3) is 2.31. The van der Waals surface area contributed by atoms with E-state index in [2.05, 4.69) is 5.32 Å². The minimum Gasteiger partial charge on any atom is -0.461 e. The Morgan fingerprint density at radius 1 is 1.44 bits per heavy atom. The van der Waals surface area contributed by atoms with Crippen LogP contribution in [0.3, 0.4) is 0 Å². The van der Waals surface area contributed by atoms with Crippen molar-refractivity contribution in [3.8, 4) is 0 Å². The van der Waals surface area contributed by atoms with Gasteiger partial charge in [-0.15, -0.1) is 0 Å². The first-order valence-electron chi connectivity index (χ1n) is 5.49. The number of nitrogens with one attached hydrogen (secondary N) is 1. The molecule has 0 saturated carbocycles. The van der Waals surface area contributed by atoms with E-state index in [9.17, 15) is 4.79 Å². The fraction of sp³-hybridized carbons (Fsp3) is 0.308. The minimum absolute atomic E-state index is 0.162. The van der Waals surface area contributed by atoms with Crippen molar-refractivity contribution in [2.75, 3.05) is 6.54 Å². The van der Waals surface area contributed by atoms with Crippen LogP contribution < -0.4 is 5.32 Å². The molecule has 2 rings (SSSR count). The first-order chi connectivity index (χ1) is 7.83. The number of aldehydes is 1. The van der Waals surface area contributed by atoms with Crippen LogP contribution in [0.25, 0.3) is 11.0 Å². The molecule has 0 amide bonds. The molecule has 0 aliphatic carbocycles. The molecule has 1 atom stereocenters. The first kappa shape index (κ1) is 10.9. The molecule has 0 spiro atoms. The number of hydrogen-bond acceptors (Lipinski definition) is 3. The molecule has 1 heterocycles. The predicted molar refractivity (Wildman–Crippen MR) is 63.4 cm³/mol. The normalized spacial score (nSPS) is 12.8. The molecule has 84 valence electrons. The summed E-state index contributed by atoms with van der Waals surface area (Å²) in [5.41, 5.74) is 0.874. The standard InChI is InChI=1S/C13H15NO2/c1-2-14-11(9-15)8-12-7-10-5-3-4-6-13(10)16-12/h3-7,9,11,14H,2,8H2,1H3/t11-/m0/s1. The number of hydrogen-bond donors (Lipinski definition) is 1. The van der Waals surface area contributed by atoms with Gasteiger partial charge in [-0.1, -0.05) is 25.1 Å². The molecule has 0 bridgehead atoms. The van der Waals surface area contributed by atoms with Gasteiger partial charge in [0.05, 0.1) is 6.04 Å². The molecule has 0 saturated heterocycles. The summed E-state index contributed by atoms with van der Waals surface area (Å²) in [6.45, 7) is 2.76. The van der Waals surface area contributed by atoms with Gasteiger partial charge >= 0.3 is 0 Å².